The summed E-state index contributed by atoms with van der Waals surface area (Å²) >= 11 is 0. The maximum absolute atomic E-state index is 8.25. The van der Waals surface area contributed by atoms with Gasteiger partial charge >= 0.3 is 86.2 Å². The third kappa shape index (κ3) is 1770. The molecule has 0 saturated heterocycles. The number of hydrogen-bond donors (Lipinski definition) is 0. The van der Waals surface area contributed by atoms with Gasteiger partial charge in [-0.05, 0) is 0 Å². The summed E-state index contributed by atoms with van der Waals surface area (Å²) in [5, 5.41) is 133. The van der Waals surface area contributed by atoms with E-state index in [1.165, 1.54) is 0 Å². The summed E-state index contributed by atoms with van der Waals surface area (Å²) in [4.78, 5) is 74.2. The summed E-state index contributed by atoms with van der Waals surface area (Å²) in [6, 6.07) is 0. The monoisotopic (exact) mass is 873 g/mol. The number of hydrogen-bond acceptors (Lipinski definition) is 27. The molecule has 40 heavy (non-hydrogen) atoms. The van der Waals surface area contributed by atoms with Gasteiger partial charge in [-0.25, -0.2) is 0 Å². The van der Waals surface area contributed by atoms with E-state index in [1.807, 2.05) is 0 Å². The Morgan fingerprint density at radius 1 is 0.250 bits per heavy atom. The van der Waals surface area contributed by atoms with Crippen LogP contribution in [0.25, 0.3) is 0 Å². The zero-order valence-corrected chi connectivity index (χ0v) is 23.4. The van der Waals surface area contributed by atoms with E-state index in [-0.39, 0.29) is 86.2 Å². The van der Waals surface area contributed by atoms with Crippen LogP contribution in [0.4, 0.5) is 0 Å². The Bertz CT molecular complexity index is 434. The standard InChI is InChI=1S/Cu.La.Mn.9NO3.Ni/c;;;9*2-1(3)4;/q+2;+3;+2;9*-1;+2. The molecule has 0 spiro atoms. The normalized spacial score (nSPS) is 5.40. The first-order valence-electron chi connectivity index (χ1n) is 4.93. The predicted molar refractivity (Wildman–Crippen MR) is 93.3 cm³/mol. The van der Waals surface area contributed by atoms with Gasteiger partial charge in [0.05, 0.1) is 45.8 Å². The minimum Gasteiger partial charge on any atom is -0.356 e. The van der Waals surface area contributed by atoms with Crippen LogP contribution >= 0.6 is 0 Å². The molecule has 0 saturated carbocycles. The third-order valence-corrected chi connectivity index (χ3v) is 0. The van der Waals surface area contributed by atoms with E-state index in [2.05, 4.69) is 0 Å². The maximum atomic E-state index is 8.25. The van der Waals surface area contributed by atoms with Gasteiger partial charge in [-0.15, -0.1) is 0 Å². The van der Waals surface area contributed by atoms with E-state index in [9.17, 15) is 0 Å². The van der Waals surface area contributed by atoms with Crippen LogP contribution in [-0.2, 0) is 50.6 Å². The van der Waals surface area contributed by atoms with Crippen LogP contribution in [0.3, 0.4) is 0 Å². The van der Waals surface area contributed by atoms with Crippen LogP contribution in [0, 0.1) is 173 Å². The molecule has 0 N–H and O–H groups in total. The first-order valence-corrected chi connectivity index (χ1v) is 4.93. The summed E-state index contributed by atoms with van der Waals surface area (Å²) in [6.07, 6.45) is 0. The average molecular weight is 874 g/mol. The Balaban J connectivity index is -0.0000000184. The van der Waals surface area contributed by atoms with E-state index in [1.54, 1.807) is 0 Å². The molecule has 0 amide bonds. The van der Waals surface area contributed by atoms with E-state index in [0.717, 1.165) is 0 Å². The number of nitrogens with zero attached hydrogens (tertiary/aromatic N) is 9. The molecule has 238 valence electrons. The Hall–Kier alpha value is -4.47. The molecule has 0 bridgehead atoms. The van der Waals surface area contributed by atoms with Crippen LogP contribution < -0.4 is 0 Å². The second kappa shape index (κ2) is 76.5. The van der Waals surface area contributed by atoms with E-state index in [4.69, 9.17) is 138 Å². The van der Waals surface area contributed by atoms with Crippen LogP contribution in [0.1, 0.15) is 0 Å². The van der Waals surface area contributed by atoms with Crippen molar-refractivity contribution in [3.8, 4) is 0 Å². The molecule has 0 aliphatic rings. The second-order valence-corrected chi connectivity index (χ2v) is 2.01. The largest absolute Gasteiger partial charge is 3.00 e. The molecule has 0 unspecified atom stereocenters. The van der Waals surface area contributed by atoms with Gasteiger partial charge in [0.25, 0.3) is 0 Å². The maximum Gasteiger partial charge on any atom is 3.00 e. The summed E-state index contributed by atoms with van der Waals surface area (Å²) < 4.78 is 0. The van der Waals surface area contributed by atoms with Crippen molar-refractivity contribution in [2.75, 3.05) is 0 Å². The molecule has 0 fully saturated rings. The molecule has 0 aromatic heterocycles. The van der Waals surface area contributed by atoms with Crippen molar-refractivity contribution >= 4 is 0 Å². The van der Waals surface area contributed by atoms with Gasteiger partial charge < -0.3 is 138 Å². The van der Waals surface area contributed by atoms with Crippen molar-refractivity contribution in [2.24, 2.45) is 0 Å². The average Bonchev–Trinajstić information content (AvgIpc) is 2.39. The molecule has 0 atom stereocenters. The quantitative estimate of drug-likeness (QED) is 0.142. The summed E-state index contributed by atoms with van der Waals surface area (Å²) in [6.45, 7) is 0. The second-order valence-electron chi connectivity index (χ2n) is 2.01. The van der Waals surface area contributed by atoms with E-state index < -0.39 is 45.8 Å². The fourth-order valence-electron chi connectivity index (χ4n) is 0. The molecule has 36 nitrogen and oxygen atoms in total. The number of rotatable bonds is 0. The Kier molecular flexibility index (Phi) is 160. The molecule has 0 rings (SSSR count). The fraction of sp³-hybridized carbons (Fsp3) is 0. The molecule has 0 heterocycles. The molecule has 0 aliphatic carbocycles. The van der Waals surface area contributed by atoms with Crippen molar-refractivity contribution in [3.05, 3.63) is 138 Å². The molecule has 0 aliphatic heterocycles. The third-order valence-electron chi connectivity index (χ3n) is 0. The molecule has 40 heteroatoms. The van der Waals surface area contributed by atoms with Gasteiger partial charge in [-0.1, -0.05) is 0 Å². The van der Waals surface area contributed by atoms with E-state index >= 15 is 0 Å². The van der Waals surface area contributed by atoms with Gasteiger partial charge in [0.1, 0.15) is 0 Å². The minimum atomic E-state index is -1.75. The first-order chi connectivity index (χ1) is 15.6. The van der Waals surface area contributed by atoms with Gasteiger partial charge in [0.15, 0.2) is 0 Å². The summed E-state index contributed by atoms with van der Waals surface area (Å²) in [7, 11) is 0. The van der Waals surface area contributed by atoms with Crippen LogP contribution in [0.2, 0.25) is 0 Å². The molecular formula is CuLaMnN9NiO27. The van der Waals surface area contributed by atoms with Gasteiger partial charge in [0.2, 0.25) is 0 Å². The Morgan fingerprint density at radius 2 is 0.250 bits per heavy atom. The van der Waals surface area contributed by atoms with Crippen molar-refractivity contribution in [1.82, 2.24) is 0 Å². The zero-order valence-electron chi connectivity index (χ0n) is 16.6. The SMILES string of the molecule is O=[N+]([O-])[O-].O=[N+]([O-])[O-].O=[N+]([O-])[O-].O=[N+]([O-])[O-].O=[N+]([O-])[O-].O=[N+]([O-])[O-].O=[N+]([O-])[O-].O=[N+]([O-])[O-].O=[N+]([O-])[O-].[Cu+2].[La+3].[Mn+2].[Ni+2]. The van der Waals surface area contributed by atoms with Crippen LogP contribution in [0.15, 0.2) is 0 Å². The summed E-state index contributed by atoms with van der Waals surface area (Å²) in [5.41, 5.74) is 0. The molecular weight excluding hydrogens is 874 g/mol. The van der Waals surface area contributed by atoms with Crippen LogP contribution in [-0.4, -0.2) is 45.8 Å². The fourth-order valence-corrected chi connectivity index (χ4v) is 0. The predicted octanol–water partition coefficient (Wildman–Crippen LogP) is -2.16. The van der Waals surface area contributed by atoms with Crippen molar-refractivity contribution in [1.29, 1.82) is 0 Å². The Labute approximate surface area is 268 Å². The van der Waals surface area contributed by atoms with E-state index in [0.29, 0.717) is 0 Å². The first kappa shape index (κ1) is 83.5. The minimum absolute atomic E-state index is 0. The van der Waals surface area contributed by atoms with Crippen molar-refractivity contribution in [3.63, 3.8) is 0 Å². The smallest absolute Gasteiger partial charge is 0.356 e. The van der Waals surface area contributed by atoms with Gasteiger partial charge in [0, 0.05) is 0 Å². The molecule has 2 radical (unpaired) electrons. The Morgan fingerprint density at radius 3 is 0.250 bits per heavy atom. The van der Waals surface area contributed by atoms with Gasteiger partial charge in [-0.3, -0.25) is 0 Å². The van der Waals surface area contributed by atoms with Crippen molar-refractivity contribution in [2.45, 2.75) is 0 Å². The topological polar surface area (TPSA) is 596 Å². The van der Waals surface area contributed by atoms with Crippen molar-refractivity contribution < 1.29 is 132 Å². The van der Waals surface area contributed by atoms with Crippen LogP contribution in [0.5, 0.6) is 0 Å². The molecule has 0 aromatic carbocycles. The summed E-state index contributed by atoms with van der Waals surface area (Å²) in [5.74, 6) is 0. The molecule has 0 aromatic rings. The zero-order chi connectivity index (χ0) is 32.2. The van der Waals surface area contributed by atoms with Gasteiger partial charge in [-0.2, -0.15) is 0 Å².